The van der Waals surface area contributed by atoms with Gasteiger partial charge in [0, 0.05) is 29.7 Å². The summed E-state index contributed by atoms with van der Waals surface area (Å²) in [7, 11) is 0. The molecule has 2 aromatic rings. The molecular formula is C16H23IN4S. The molecule has 1 heterocycles. The van der Waals surface area contributed by atoms with E-state index in [0.717, 1.165) is 30.6 Å². The summed E-state index contributed by atoms with van der Waals surface area (Å²) in [5.41, 5.74) is 9.28. The van der Waals surface area contributed by atoms with E-state index in [0.29, 0.717) is 12.5 Å². The summed E-state index contributed by atoms with van der Waals surface area (Å²) in [5, 5.41) is 6.38. The Morgan fingerprint density at radius 3 is 2.91 bits per heavy atom. The van der Waals surface area contributed by atoms with Crippen LogP contribution in [0.2, 0.25) is 0 Å². The molecule has 22 heavy (non-hydrogen) atoms. The van der Waals surface area contributed by atoms with Crippen molar-refractivity contribution in [1.29, 1.82) is 0 Å². The van der Waals surface area contributed by atoms with Crippen LogP contribution in [0.1, 0.15) is 29.6 Å². The maximum atomic E-state index is 5.91. The average molecular weight is 430 g/mol. The Balaban J connectivity index is 0.00000242. The van der Waals surface area contributed by atoms with Crippen molar-refractivity contribution in [2.75, 3.05) is 11.9 Å². The molecule has 0 radical (unpaired) electrons. The Morgan fingerprint density at radius 2 is 2.23 bits per heavy atom. The molecule has 120 valence electrons. The zero-order valence-corrected chi connectivity index (χ0v) is 16.2. The predicted octanol–water partition coefficient (Wildman–Crippen LogP) is 3.99. The normalized spacial score (nSPS) is 11.1. The third-order valence-corrected chi connectivity index (χ3v) is 4.13. The Labute approximate surface area is 153 Å². The van der Waals surface area contributed by atoms with Crippen LogP contribution in [0.15, 0.2) is 34.6 Å². The number of guanidine groups is 1. The molecule has 6 heteroatoms. The van der Waals surface area contributed by atoms with Gasteiger partial charge in [-0.1, -0.05) is 19.1 Å². The van der Waals surface area contributed by atoms with Gasteiger partial charge in [-0.2, -0.15) is 0 Å². The van der Waals surface area contributed by atoms with E-state index in [2.05, 4.69) is 39.7 Å². The largest absolute Gasteiger partial charge is 0.370 e. The lowest BCUT2D eigenvalue weighted by atomic mass is 10.1. The first-order valence-corrected chi connectivity index (χ1v) is 8.12. The highest BCUT2D eigenvalue weighted by Gasteiger charge is 1.99. The van der Waals surface area contributed by atoms with Gasteiger partial charge in [0.25, 0.3) is 0 Å². The van der Waals surface area contributed by atoms with Crippen molar-refractivity contribution in [3.8, 4) is 0 Å². The van der Waals surface area contributed by atoms with Gasteiger partial charge in [-0.25, -0.2) is 4.98 Å². The summed E-state index contributed by atoms with van der Waals surface area (Å²) in [6.07, 6.45) is 2.94. The van der Waals surface area contributed by atoms with Crippen LogP contribution in [0.5, 0.6) is 0 Å². The maximum Gasteiger partial charge on any atom is 0.193 e. The number of aliphatic imine (C=N–C) groups is 1. The molecule has 0 bridgehead atoms. The molecule has 0 atom stereocenters. The van der Waals surface area contributed by atoms with E-state index in [9.17, 15) is 0 Å². The van der Waals surface area contributed by atoms with E-state index in [1.165, 1.54) is 10.6 Å². The van der Waals surface area contributed by atoms with E-state index in [4.69, 9.17) is 5.73 Å². The summed E-state index contributed by atoms with van der Waals surface area (Å²) < 4.78 is 0. The number of nitrogens with zero attached hydrogens (tertiary/aromatic N) is 2. The Kier molecular flexibility index (Phi) is 8.40. The summed E-state index contributed by atoms with van der Waals surface area (Å²) in [5.74, 6) is 0.471. The molecule has 0 spiro atoms. The van der Waals surface area contributed by atoms with Crippen molar-refractivity contribution in [2.45, 2.75) is 33.1 Å². The van der Waals surface area contributed by atoms with Crippen molar-refractivity contribution >= 4 is 47.0 Å². The van der Waals surface area contributed by atoms with Crippen LogP contribution in [0.4, 0.5) is 5.69 Å². The molecule has 2 rings (SSSR count). The minimum Gasteiger partial charge on any atom is -0.370 e. The van der Waals surface area contributed by atoms with Crippen LogP contribution in [-0.4, -0.2) is 17.5 Å². The fourth-order valence-electron chi connectivity index (χ4n) is 2.00. The van der Waals surface area contributed by atoms with Crippen LogP contribution < -0.4 is 11.1 Å². The van der Waals surface area contributed by atoms with Crippen molar-refractivity contribution in [2.24, 2.45) is 10.7 Å². The fourth-order valence-corrected chi connectivity index (χ4v) is 2.82. The van der Waals surface area contributed by atoms with E-state index >= 15 is 0 Å². The maximum absolute atomic E-state index is 5.91. The second-order valence-corrected chi connectivity index (χ2v) is 5.87. The smallest absolute Gasteiger partial charge is 0.193 e. The number of aromatic nitrogens is 1. The molecule has 0 unspecified atom stereocenters. The average Bonchev–Trinajstić information content (AvgIpc) is 2.89. The summed E-state index contributed by atoms with van der Waals surface area (Å²) >= 11 is 1.71. The van der Waals surface area contributed by atoms with Crippen LogP contribution in [0.3, 0.4) is 0 Å². The van der Waals surface area contributed by atoms with Gasteiger partial charge in [-0.3, -0.25) is 4.99 Å². The van der Waals surface area contributed by atoms with Crippen LogP contribution in [-0.2, 0) is 12.8 Å². The van der Waals surface area contributed by atoms with E-state index in [-0.39, 0.29) is 24.0 Å². The third kappa shape index (κ3) is 6.31. The highest BCUT2D eigenvalue weighted by atomic mass is 127. The number of rotatable bonds is 6. The summed E-state index contributed by atoms with van der Waals surface area (Å²) in [6.45, 7) is 4.87. The van der Waals surface area contributed by atoms with Gasteiger partial charge in [0.05, 0.1) is 5.01 Å². The highest BCUT2D eigenvalue weighted by molar-refractivity contribution is 14.0. The van der Waals surface area contributed by atoms with Crippen LogP contribution in [0.25, 0.3) is 0 Å². The third-order valence-electron chi connectivity index (χ3n) is 3.11. The second kappa shape index (κ2) is 9.78. The van der Waals surface area contributed by atoms with Gasteiger partial charge >= 0.3 is 0 Å². The first-order chi connectivity index (χ1) is 10.2. The Bertz CT molecular complexity index is 610. The van der Waals surface area contributed by atoms with E-state index in [1.54, 1.807) is 11.3 Å². The van der Waals surface area contributed by atoms with Gasteiger partial charge in [0.1, 0.15) is 0 Å². The number of aryl methyl sites for hydroxylation is 3. The number of anilines is 1. The minimum absolute atomic E-state index is 0. The number of nitrogens with one attached hydrogen (secondary N) is 1. The number of hydrogen-bond acceptors (Lipinski definition) is 3. The fraction of sp³-hybridized carbons (Fsp3) is 0.375. The van der Waals surface area contributed by atoms with Gasteiger partial charge in [-0.15, -0.1) is 35.3 Å². The molecule has 1 aromatic carbocycles. The summed E-state index contributed by atoms with van der Waals surface area (Å²) in [6, 6.07) is 8.23. The Morgan fingerprint density at radius 1 is 1.41 bits per heavy atom. The van der Waals surface area contributed by atoms with Gasteiger partial charge < -0.3 is 11.1 Å². The van der Waals surface area contributed by atoms with Gasteiger partial charge in [-0.05, 0) is 37.5 Å². The Hall–Kier alpha value is -1.15. The minimum atomic E-state index is 0. The first kappa shape index (κ1) is 18.9. The highest BCUT2D eigenvalue weighted by Crippen LogP contribution is 2.12. The molecule has 0 fully saturated rings. The molecule has 0 aliphatic rings. The molecular weight excluding hydrogens is 407 g/mol. The molecule has 0 saturated carbocycles. The molecule has 4 nitrogen and oxygen atoms in total. The first-order valence-electron chi connectivity index (χ1n) is 7.24. The standard InChI is InChI=1S/C16H22N4S.HI/c1-3-13-6-4-7-14(10-13)20-16(17)18-9-5-8-15-19-12(2)11-21-15;/h4,6-7,10-11H,3,5,8-9H2,1-2H3,(H3,17,18,20);1H. The predicted molar refractivity (Wildman–Crippen MR) is 107 cm³/mol. The molecule has 1 aromatic heterocycles. The lowest BCUT2D eigenvalue weighted by Gasteiger charge is -2.07. The van der Waals surface area contributed by atoms with Crippen LogP contribution in [0, 0.1) is 6.92 Å². The summed E-state index contributed by atoms with van der Waals surface area (Å²) in [4.78, 5) is 8.79. The van der Waals surface area contributed by atoms with E-state index < -0.39 is 0 Å². The molecule has 0 aliphatic carbocycles. The zero-order valence-electron chi connectivity index (χ0n) is 13.0. The number of benzene rings is 1. The van der Waals surface area contributed by atoms with Crippen molar-refractivity contribution in [3.05, 3.63) is 45.9 Å². The lowest BCUT2D eigenvalue weighted by Crippen LogP contribution is -2.23. The van der Waals surface area contributed by atoms with Crippen molar-refractivity contribution in [1.82, 2.24) is 4.98 Å². The SMILES string of the molecule is CCc1cccc(NC(N)=NCCCc2nc(C)cs2)c1.I. The van der Waals surface area contributed by atoms with Crippen molar-refractivity contribution in [3.63, 3.8) is 0 Å². The number of thiazole rings is 1. The second-order valence-electron chi connectivity index (χ2n) is 4.93. The molecule has 0 saturated heterocycles. The van der Waals surface area contributed by atoms with Crippen molar-refractivity contribution < 1.29 is 0 Å². The quantitative estimate of drug-likeness (QED) is 0.315. The molecule has 0 amide bonds. The van der Waals surface area contributed by atoms with Gasteiger partial charge in [0.15, 0.2) is 5.96 Å². The number of nitrogens with two attached hydrogens (primary N) is 1. The van der Waals surface area contributed by atoms with Crippen LogP contribution >= 0.6 is 35.3 Å². The number of halogens is 1. The molecule has 3 N–H and O–H groups in total. The lowest BCUT2D eigenvalue weighted by molar-refractivity contribution is 0.823. The van der Waals surface area contributed by atoms with E-state index in [1.807, 2.05) is 19.1 Å². The monoisotopic (exact) mass is 430 g/mol. The molecule has 0 aliphatic heterocycles. The van der Waals surface area contributed by atoms with Gasteiger partial charge in [0.2, 0.25) is 0 Å². The number of hydrogen-bond donors (Lipinski definition) is 2. The zero-order chi connectivity index (χ0) is 15.1. The topological polar surface area (TPSA) is 63.3 Å².